The molecule has 0 saturated heterocycles. The van der Waals surface area contributed by atoms with E-state index >= 15 is 0 Å². The van der Waals surface area contributed by atoms with Crippen LogP contribution in [0.5, 0.6) is 5.75 Å². The van der Waals surface area contributed by atoms with Crippen LogP contribution in [0.1, 0.15) is 29.6 Å². The molecule has 0 atom stereocenters. The lowest BCUT2D eigenvalue weighted by atomic mass is 10.1. The number of rotatable bonds is 7. The number of carbonyl (C=O) groups is 1. The fourth-order valence-corrected chi connectivity index (χ4v) is 1.79. The highest BCUT2D eigenvalue weighted by Crippen LogP contribution is 2.18. The number of amides is 1. The molecule has 1 rings (SSSR count). The molecule has 1 aromatic carbocycles. The standard InChI is InChI=1S/C14H21FN2O2/c1-17(9-5-3-4-8-16)14(18)11-6-7-13(19-2)12(15)10-11/h6-7,10H,3-5,8-9,16H2,1-2H3. The average molecular weight is 268 g/mol. The molecule has 1 aromatic rings. The van der Waals surface area contributed by atoms with Crippen LogP contribution >= 0.6 is 0 Å². The summed E-state index contributed by atoms with van der Waals surface area (Å²) in [4.78, 5) is 13.6. The van der Waals surface area contributed by atoms with Crippen LogP contribution in [0, 0.1) is 5.82 Å². The number of methoxy groups -OCH3 is 1. The number of ether oxygens (including phenoxy) is 1. The molecule has 0 unspecified atom stereocenters. The molecule has 0 saturated carbocycles. The second-order valence-corrected chi connectivity index (χ2v) is 4.43. The molecule has 2 N–H and O–H groups in total. The molecule has 0 aliphatic carbocycles. The Hall–Kier alpha value is -1.62. The first kappa shape index (κ1) is 15.4. The summed E-state index contributed by atoms with van der Waals surface area (Å²) in [5.41, 5.74) is 5.74. The number of unbranched alkanes of at least 4 members (excludes halogenated alkanes) is 2. The van der Waals surface area contributed by atoms with Crippen molar-refractivity contribution >= 4 is 5.91 Å². The Morgan fingerprint density at radius 1 is 1.37 bits per heavy atom. The van der Waals surface area contributed by atoms with Crippen molar-refractivity contribution in [2.24, 2.45) is 5.73 Å². The van der Waals surface area contributed by atoms with E-state index in [1.807, 2.05) is 0 Å². The van der Waals surface area contributed by atoms with Crippen LogP contribution in [0.3, 0.4) is 0 Å². The monoisotopic (exact) mass is 268 g/mol. The Morgan fingerprint density at radius 3 is 2.68 bits per heavy atom. The molecule has 0 radical (unpaired) electrons. The van der Waals surface area contributed by atoms with Crippen LogP contribution in [0.4, 0.5) is 4.39 Å². The van der Waals surface area contributed by atoms with Gasteiger partial charge < -0.3 is 15.4 Å². The molecule has 5 heteroatoms. The summed E-state index contributed by atoms with van der Waals surface area (Å²) in [5.74, 6) is -0.568. The van der Waals surface area contributed by atoms with Crippen LogP contribution in [-0.2, 0) is 0 Å². The third-order valence-corrected chi connectivity index (χ3v) is 2.94. The first-order chi connectivity index (χ1) is 9.10. The van der Waals surface area contributed by atoms with Crippen molar-refractivity contribution in [1.29, 1.82) is 0 Å². The van der Waals surface area contributed by atoms with Gasteiger partial charge in [0.15, 0.2) is 11.6 Å². The number of benzene rings is 1. The van der Waals surface area contributed by atoms with Gasteiger partial charge in [0.1, 0.15) is 0 Å². The smallest absolute Gasteiger partial charge is 0.253 e. The molecule has 4 nitrogen and oxygen atoms in total. The van der Waals surface area contributed by atoms with E-state index in [-0.39, 0.29) is 11.7 Å². The first-order valence-corrected chi connectivity index (χ1v) is 6.39. The Bertz CT molecular complexity index is 424. The molecule has 0 aliphatic rings. The molecule has 0 spiro atoms. The first-order valence-electron chi connectivity index (χ1n) is 6.39. The molecule has 0 bridgehead atoms. The van der Waals surface area contributed by atoms with E-state index in [4.69, 9.17) is 10.5 Å². The van der Waals surface area contributed by atoms with Gasteiger partial charge in [-0.05, 0) is 37.6 Å². The zero-order chi connectivity index (χ0) is 14.3. The van der Waals surface area contributed by atoms with Crippen molar-refractivity contribution in [3.05, 3.63) is 29.6 Å². The van der Waals surface area contributed by atoms with Crippen molar-refractivity contribution in [3.8, 4) is 5.75 Å². The molecule has 19 heavy (non-hydrogen) atoms. The maximum Gasteiger partial charge on any atom is 0.253 e. The van der Waals surface area contributed by atoms with Crippen LogP contribution in [0.2, 0.25) is 0 Å². The fourth-order valence-electron chi connectivity index (χ4n) is 1.79. The van der Waals surface area contributed by atoms with E-state index in [1.54, 1.807) is 18.0 Å². The number of nitrogens with two attached hydrogens (primary N) is 1. The maximum absolute atomic E-state index is 13.5. The molecule has 0 fully saturated rings. The molecule has 1 amide bonds. The predicted octanol–water partition coefficient (Wildman–Crippen LogP) is 2.04. The highest BCUT2D eigenvalue weighted by Gasteiger charge is 2.13. The zero-order valence-electron chi connectivity index (χ0n) is 11.5. The lowest BCUT2D eigenvalue weighted by Crippen LogP contribution is -2.27. The van der Waals surface area contributed by atoms with Gasteiger partial charge in [-0.3, -0.25) is 4.79 Å². The van der Waals surface area contributed by atoms with Crippen molar-refractivity contribution in [1.82, 2.24) is 4.90 Å². The van der Waals surface area contributed by atoms with Gasteiger partial charge >= 0.3 is 0 Å². The topological polar surface area (TPSA) is 55.6 Å². The Morgan fingerprint density at radius 2 is 2.11 bits per heavy atom. The average Bonchev–Trinajstić information content (AvgIpc) is 2.42. The van der Waals surface area contributed by atoms with Crippen LogP contribution in [-0.4, -0.2) is 38.1 Å². The van der Waals surface area contributed by atoms with Crippen LogP contribution in [0.15, 0.2) is 18.2 Å². The number of nitrogens with zero attached hydrogens (tertiary/aromatic N) is 1. The Kier molecular flexibility index (Phi) is 6.29. The van der Waals surface area contributed by atoms with Gasteiger partial charge in [0, 0.05) is 19.2 Å². The van der Waals surface area contributed by atoms with Crippen LogP contribution < -0.4 is 10.5 Å². The largest absolute Gasteiger partial charge is 0.494 e. The van der Waals surface area contributed by atoms with Gasteiger partial charge in [-0.25, -0.2) is 4.39 Å². The molecular weight excluding hydrogens is 247 g/mol. The summed E-state index contributed by atoms with van der Waals surface area (Å²) in [5, 5.41) is 0. The van der Waals surface area contributed by atoms with Crippen molar-refractivity contribution in [3.63, 3.8) is 0 Å². The number of carbonyl (C=O) groups excluding carboxylic acids is 1. The van der Waals surface area contributed by atoms with Gasteiger partial charge in [0.05, 0.1) is 7.11 Å². The van der Waals surface area contributed by atoms with Gasteiger partial charge in [-0.15, -0.1) is 0 Å². The minimum absolute atomic E-state index is 0.141. The highest BCUT2D eigenvalue weighted by atomic mass is 19.1. The van der Waals surface area contributed by atoms with Gasteiger partial charge in [-0.2, -0.15) is 0 Å². The molecule has 106 valence electrons. The van der Waals surface area contributed by atoms with E-state index in [2.05, 4.69) is 0 Å². The van der Waals surface area contributed by atoms with E-state index in [0.29, 0.717) is 18.7 Å². The lowest BCUT2D eigenvalue weighted by Gasteiger charge is -2.17. The summed E-state index contributed by atoms with van der Waals surface area (Å²) in [6.07, 6.45) is 2.85. The van der Waals surface area contributed by atoms with Crippen LogP contribution in [0.25, 0.3) is 0 Å². The summed E-state index contributed by atoms with van der Waals surface area (Å²) in [6, 6.07) is 4.24. The second kappa shape index (κ2) is 7.74. The van der Waals surface area contributed by atoms with Gasteiger partial charge in [0.25, 0.3) is 5.91 Å². The van der Waals surface area contributed by atoms with Crippen molar-refractivity contribution < 1.29 is 13.9 Å². The summed E-state index contributed by atoms with van der Waals surface area (Å²) in [6.45, 7) is 1.31. The number of hydrogen-bond acceptors (Lipinski definition) is 3. The Labute approximate surface area is 113 Å². The number of halogens is 1. The number of hydrogen-bond donors (Lipinski definition) is 1. The third-order valence-electron chi connectivity index (χ3n) is 2.94. The van der Waals surface area contributed by atoms with E-state index in [0.717, 1.165) is 19.3 Å². The highest BCUT2D eigenvalue weighted by molar-refractivity contribution is 5.94. The summed E-state index contributed by atoms with van der Waals surface area (Å²) >= 11 is 0. The summed E-state index contributed by atoms with van der Waals surface area (Å²) in [7, 11) is 3.11. The minimum atomic E-state index is -0.523. The molecule has 0 aliphatic heterocycles. The zero-order valence-corrected chi connectivity index (χ0v) is 11.5. The van der Waals surface area contributed by atoms with E-state index in [9.17, 15) is 9.18 Å². The maximum atomic E-state index is 13.5. The fraction of sp³-hybridized carbons (Fsp3) is 0.500. The van der Waals surface area contributed by atoms with Crippen molar-refractivity contribution in [2.75, 3.05) is 27.2 Å². The Balaban J connectivity index is 2.59. The van der Waals surface area contributed by atoms with Gasteiger partial charge in [-0.1, -0.05) is 6.42 Å². The van der Waals surface area contributed by atoms with Gasteiger partial charge in [0.2, 0.25) is 0 Å². The van der Waals surface area contributed by atoms with E-state index in [1.165, 1.54) is 19.2 Å². The van der Waals surface area contributed by atoms with Crippen molar-refractivity contribution in [2.45, 2.75) is 19.3 Å². The predicted molar refractivity (Wildman–Crippen MR) is 72.8 cm³/mol. The molecular formula is C14H21FN2O2. The van der Waals surface area contributed by atoms with E-state index < -0.39 is 5.82 Å². The normalized spacial score (nSPS) is 10.3. The quantitative estimate of drug-likeness (QED) is 0.770. The second-order valence-electron chi connectivity index (χ2n) is 4.43. The summed E-state index contributed by atoms with van der Waals surface area (Å²) < 4.78 is 18.3. The molecule has 0 aromatic heterocycles. The minimum Gasteiger partial charge on any atom is -0.494 e. The lowest BCUT2D eigenvalue weighted by molar-refractivity contribution is 0.0792. The third kappa shape index (κ3) is 4.52. The SMILES string of the molecule is COc1ccc(C(=O)N(C)CCCCCN)cc1F. The molecule has 0 heterocycles.